The fourth-order valence-corrected chi connectivity index (χ4v) is 2.93. The van der Waals surface area contributed by atoms with Crippen molar-refractivity contribution in [1.82, 2.24) is 9.80 Å². The normalized spacial score (nSPS) is 27.6. The van der Waals surface area contributed by atoms with Crippen LogP contribution in [0.1, 0.15) is 26.2 Å². The molecule has 0 radical (unpaired) electrons. The van der Waals surface area contributed by atoms with Gasteiger partial charge in [0.25, 0.3) is 0 Å². The number of nitrogens with zero attached hydrogens (tertiary/aromatic N) is 2. The van der Waals surface area contributed by atoms with Gasteiger partial charge >= 0.3 is 12.0 Å². The summed E-state index contributed by atoms with van der Waals surface area (Å²) < 4.78 is 5.32. The minimum Gasteiger partial charge on any atom is -0.481 e. The molecule has 114 valence electrons. The molecule has 2 aliphatic heterocycles. The van der Waals surface area contributed by atoms with Crippen molar-refractivity contribution in [2.45, 2.75) is 26.2 Å². The summed E-state index contributed by atoms with van der Waals surface area (Å²) >= 11 is 0. The molecule has 0 aromatic heterocycles. The molecule has 0 aromatic rings. The van der Waals surface area contributed by atoms with E-state index in [1.165, 1.54) is 0 Å². The van der Waals surface area contributed by atoms with Gasteiger partial charge in [-0.2, -0.15) is 0 Å². The van der Waals surface area contributed by atoms with Crippen molar-refractivity contribution in [3.05, 3.63) is 0 Å². The van der Waals surface area contributed by atoms with E-state index in [-0.39, 0.29) is 6.03 Å². The Labute approximate surface area is 119 Å². The Kier molecular flexibility index (Phi) is 4.52. The lowest BCUT2D eigenvalue weighted by molar-refractivity contribution is -0.147. The molecule has 1 N–H and O–H groups in total. The van der Waals surface area contributed by atoms with Crippen LogP contribution >= 0.6 is 0 Å². The third-order valence-corrected chi connectivity index (χ3v) is 4.46. The third kappa shape index (κ3) is 3.23. The van der Waals surface area contributed by atoms with Gasteiger partial charge in [-0.15, -0.1) is 0 Å². The number of rotatable bonds is 3. The van der Waals surface area contributed by atoms with Gasteiger partial charge in [-0.05, 0) is 32.1 Å². The molecule has 2 amide bonds. The highest BCUT2D eigenvalue weighted by Gasteiger charge is 2.42. The molecule has 0 saturated carbocycles. The Hall–Kier alpha value is -1.30. The molecule has 0 bridgehead atoms. The van der Waals surface area contributed by atoms with E-state index < -0.39 is 11.4 Å². The van der Waals surface area contributed by atoms with E-state index in [9.17, 15) is 14.7 Å². The van der Waals surface area contributed by atoms with Crippen LogP contribution in [-0.2, 0) is 9.53 Å². The lowest BCUT2D eigenvalue weighted by Crippen LogP contribution is -2.44. The van der Waals surface area contributed by atoms with Crippen molar-refractivity contribution >= 4 is 12.0 Å². The van der Waals surface area contributed by atoms with E-state index in [1.807, 2.05) is 0 Å². The molecule has 0 spiro atoms. The van der Waals surface area contributed by atoms with Crippen LogP contribution < -0.4 is 0 Å². The van der Waals surface area contributed by atoms with Crippen LogP contribution in [0.3, 0.4) is 0 Å². The number of carbonyl (C=O) groups excluding carboxylic acids is 1. The zero-order valence-corrected chi connectivity index (χ0v) is 12.3. The highest BCUT2D eigenvalue weighted by atomic mass is 16.5. The van der Waals surface area contributed by atoms with Crippen LogP contribution in [0.4, 0.5) is 4.79 Å². The van der Waals surface area contributed by atoms with Gasteiger partial charge in [0.05, 0.1) is 5.41 Å². The maximum atomic E-state index is 12.4. The van der Waals surface area contributed by atoms with Gasteiger partial charge in [0.2, 0.25) is 0 Å². The van der Waals surface area contributed by atoms with Gasteiger partial charge < -0.3 is 19.6 Å². The first kappa shape index (κ1) is 15.1. The molecule has 6 nitrogen and oxygen atoms in total. The quantitative estimate of drug-likeness (QED) is 0.847. The van der Waals surface area contributed by atoms with E-state index in [1.54, 1.807) is 23.8 Å². The van der Waals surface area contributed by atoms with Crippen molar-refractivity contribution in [1.29, 1.82) is 0 Å². The molecule has 2 rings (SSSR count). The first-order chi connectivity index (χ1) is 9.42. The highest BCUT2D eigenvalue weighted by molar-refractivity contribution is 5.79. The number of hydrogen-bond acceptors (Lipinski definition) is 3. The van der Waals surface area contributed by atoms with Gasteiger partial charge in [0, 0.05) is 39.9 Å². The van der Waals surface area contributed by atoms with Gasteiger partial charge in [0.1, 0.15) is 0 Å². The van der Waals surface area contributed by atoms with Gasteiger partial charge in [-0.3, -0.25) is 4.79 Å². The summed E-state index contributed by atoms with van der Waals surface area (Å²) in [6.45, 7) is 4.81. The van der Waals surface area contributed by atoms with Crippen molar-refractivity contribution in [2.24, 2.45) is 11.3 Å². The zero-order valence-electron chi connectivity index (χ0n) is 12.3. The van der Waals surface area contributed by atoms with Crippen LogP contribution in [0, 0.1) is 11.3 Å². The summed E-state index contributed by atoms with van der Waals surface area (Å²) in [6.07, 6.45) is 2.51. The molecule has 6 heteroatoms. The number of hydrogen-bond donors (Lipinski definition) is 1. The summed E-state index contributed by atoms with van der Waals surface area (Å²) in [5.74, 6) is -0.328. The maximum Gasteiger partial charge on any atom is 0.319 e. The molecule has 1 unspecified atom stereocenters. The van der Waals surface area contributed by atoms with Gasteiger partial charge in [-0.25, -0.2) is 4.79 Å². The minimum atomic E-state index is -0.820. The number of aliphatic carboxylic acids is 1. The Morgan fingerprint density at radius 3 is 2.60 bits per heavy atom. The zero-order chi connectivity index (χ0) is 14.8. The summed E-state index contributed by atoms with van der Waals surface area (Å²) in [6, 6.07) is -0.0542. The van der Waals surface area contributed by atoms with E-state index in [0.29, 0.717) is 25.4 Å². The van der Waals surface area contributed by atoms with Crippen molar-refractivity contribution in [3.63, 3.8) is 0 Å². The molecular formula is C14H24N2O4. The molecule has 2 fully saturated rings. The van der Waals surface area contributed by atoms with Crippen molar-refractivity contribution < 1.29 is 19.4 Å². The van der Waals surface area contributed by atoms with Crippen molar-refractivity contribution in [2.75, 3.05) is 39.9 Å². The van der Waals surface area contributed by atoms with Crippen LogP contribution in [0.5, 0.6) is 0 Å². The molecule has 0 aromatic carbocycles. The largest absolute Gasteiger partial charge is 0.481 e. The van der Waals surface area contributed by atoms with Gasteiger partial charge in [-0.1, -0.05) is 0 Å². The number of ether oxygens (including phenoxy) is 1. The summed E-state index contributed by atoms with van der Waals surface area (Å²) in [4.78, 5) is 27.0. The summed E-state index contributed by atoms with van der Waals surface area (Å²) in [7, 11) is 1.80. The molecule has 1 atom stereocenters. The SMILES string of the molecule is CN(CC1CCOCC1)C(=O)N1CCC(C)(C(=O)O)C1. The average molecular weight is 284 g/mol. The number of carboxylic acids is 1. The molecule has 20 heavy (non-hydrogen) atoms. The van der Waals surface area contributed by atoms with Gasteiger partial charge in [0.15, 0.2) is 0 Å². The molecule has 2 aliphatic rings. The Bertz CT molecular complexity index is 381. The lowest BCUT2D eigenvalue weighted by atomic mass is 9.90. The van der Waals surface area contributed by atoms with E-state index in [4.69, 9.17) is 4.74 Å². The van der Waals surface area contributed by atoms with Crippen molar-refractivity contribution in [3.8, 4) is 0 Å². The standard InChI is InChI=1S/C14H24N2O4/c1-14(12(17)18)5-6-16(10-14)13(19)15(2)9-11-3-7-20-8-4-11/h11H,3-10H2,1-2H3,(H,17,18). The number of amides is 2. The predicted molar refractivity (Wildman–Crippen MR) is 73.5 cm³/mol. The first-order valence-corrected chi connectivity index (χ1v) is 7.23. The Balaban J connectivity index is 1.86. The second kappa shape index (κ2) is 5.99. The summed E-state index contributed by atoms with van der Waals surface area (Å²) in [5.41, 5.74) is -0.796. The average Bonchev–Trinajstić information content (AvgIpc) is 2.83. The van der Waals surface area contributed by atoms with E-state index in [0.717, 1.165) is 32.6 Å². The summed E-state index contributed by atoms with van der Waals surface area (Å²) in [5, 5.41) is 9.21. The smallest absolute Gasteiger partial charge is 0.319 e. The number of urea groups is 1. The maximum absolute atomic E-state index is 12.4. The van der Waals surface area contributed by atoms with Crippen LogP contribution in [0.25, 0.3) is 0 Å². The Morgan fingerprint density at radius 2 is 2.05 bits per heavy atom. The van der Waals surface area contributed by atoms with Crippen LogP contribution in [-0.4, -0.2) is 66.8 Å². The fraction of sp³-hybridized carbons (Fsp3) is 0.857. The number of carbonyl (C=O) groups is 2. The third-order valence-electron chi connectivity index (χ3n) is 4.46. The number of likely N-dealkylation sites (tertiary alicyclic amines) is 1. The highest BCUT2D eigenvalue weighted by Crippen LogP contribution is 2.30. The molecule has 2 saturated heterocycles. The second-order valence-electron chi connectivity index (χ2n) is 6.26. The monoisotopic (exact) mass is 284 g/mol. The predicted octanol–water partition coefficient (Wildman–Crippen LogP) is 1.26. The first-order valence-electron chi connectivity index (χ1n) is 7.23. The molecule has 0 aliphatic carbocycles. The van der Waals surface area contributed by atoms with Crippen LogP contribution in [0.2, 0.25) is 0 Å². The minimum absolute atomic E-state index is 0.0542. The molecule has 2 heterocycles. The lowest BCUT2D eigenvalue weighted by Gasteiger charge is -2.30. The van der Waals surface area contributed by atoms with E-state index in [2.05, 4.69) is 0 Å². The number of carboxylic acid groups (broad SMARTS) is 1. The fourth-order valence-electron chi connectivity index (χ4n) is 2.93. The van der Waals surface area contributed by atoms with E-state index >= 15 is 0 Å². The second-order valence-corrected chi connectivity index (χ2v) is 6.26. The van der Waals surface area contributed by atoms with Crippen LogP contribution in [0.15, 0.2) is 0 Å². The topological polar surface area (TPSA) is 70.1 Å². The Morgan fingerprint density at radius 1 is 1.40 bits per heavy atom. The molecular weight excluding hydrogens is 260 g/mol.